The molecule has 2 N–H and O–H groups in total. The smallest absolute Gasteiger partial charge is 0.307 e. The topological polar surface area (TPSA) is 66.4 Å². The average Bonchev–Trinajstić information content (AvgIpc) is 2.65. The summed E-state index contributed by atoms with van der Waals surface area (Å²) < 4.78 is 0. The first-order valence-electron chi connectivity index (χ1n) is 11.4. The van der Waals surface area contributed by atoms with Gasteiger partial charge in [0.15, 0.2) is 0 Å². The Morgan fingerprint density at radius 3 is 2.14 bits per heavy atom. The molecule has 0 spiro atoms. The minimum absolute atomic E-state index is 0.106. The number of nitrogens with one attached hydrogen (secondary N) is 1. The van der Waals surface area contributed by atoms with E-state index in [0.29, 0.717) is 18.4 Å². The minimum Gasteiger partial charge on any atom is -0.481 e. The SMILES string of the molecule is Cc1ccc(C[C@H](C(=O)NCCC23CC4CC(CC(C4)C2)C3)[C@H](C)C(=O)O)cc1. The molecule has 0 radical (unpaired) electrons. The van der Waals surface area contributed by atoms with Crippen LogP contribution < -0.4 is 5.32 Å². The van der Waals surface area contributed by atoms with Crippen LogP contribution in [-0.2, 0) is 16.0 Å². The molecule has 1 aromatic rings. The third-order valence-electron chi connectivity index (χ3n) is 8.03. The van der Waals surface area contributed by atoms with E-state index in [9.17, 15) is 14.7 Å². The molecule has 0 heterocycles. The molecule has 4 bridgehead atoms. The number of carbonyl (C=O) groups is 2. The first-order valence-corrected chi connectivity index (χ1v) is 11.4. The van der Waals surface area contributed by atoms with Crippen molar-refractivity contribution in [3.05, 3.63) is 35.4 Å². The van der Waals surface area contributed by atoms with Crippen molar-refractivity contribution in [1.29, 1.82) is 0 Å². The highest BCUT2D eigenvalue weighted by molar-refractivity contribution is 5.84. The fourth-order valence-corrected chi connectivity index (χ4v) is 6.82. The molecule has 4 aliphatic rings. The van der Waals surface area contributed by atoms with Gasteiger partial charge in [-0.15, -0.1) is 0 Å². The molecule has 0 aromatic heterocycles. The Balaban J connectivity index is 1.36. The Hall–Kier alpha value is -1.84. The second kappa shape index (κ2) is 8.12. The van der Waals surface area contributed by atoms with Gasteiger partial charge in [-0.25, -0.2) is 0 Å². The number of carboxylic acids is 1. The fraction of sp³-hybridized carbons (Fsp3) is 0.680. The van der Waals surface area contributed by atoms with Crippen LogP contribution in [0, 0.1) is 41.9 Å². The lowest BCUT2D eigenvalue weighted by Gasteiger charge is -2.57. The zero-order valence-corrected chi connectivity index (χ0v) is 17.8. The van der Waals surface area contributed by atoms with Crippen molar-refractivity contribution in [2.45, 2.75) is 65.2 Å². The molecule has 158 valence electrons. The summed E-state index contributed by atoms with van der Waals surface area (Å²) in [7, 11) is 0. The van der Waals surface area contributed by atoms with E-state index in [1.54, 1.807) is 6.92 Å². The molecule has 4 nitrogen and oxygen atoms in total. The van der Waals surface area contributed by atoms with Crippen molar-refractivity contribution in [1.82, 2.24) is 5.32 Å². The molecule has 4 saturated carbocycles. The average molecular weight is 398 g/mol. The van der Waals surface area contributed by atoms with Gasteiger partial charge in [0, 0.05) is 6.54 Å². The molecule has 4 aliphatic carbocycles. The highest BCUT2D eigenvalue weighted by atomic mass is 16.4. The number of benzene rings is 1. The largest absolute Gasteiger partial charge is 0.481 e. The zero-order chi connectivity index (χ0) is 20.6. The number of rotatable bonds is 8. The van der Waals surface area contributed by atoms with Gasteiger partial charge in [-0.05, 0) is 87.0 Å². The molecule has 1 aromatic carbocycles. The molecule has 29 heavy (non-hydrogen) atoms. The van der Waals surface area contributed by atoms with Crippen molar-refractivity contribution < 1.29 is 14.7 Å². The Morgan fingerprint density at radius 2 is 1.62 bits per heavy atom. The number of hydrogen-bond donors (Lipinski definition) is 2. The number of carboxylic acid groups (broad SMARTS) is 1. The van der Waals surface area contributed by atoms with E-state index in [1.165, 1.54) is 38.5 Å². The summed E-state index contributed by atoms with van der Waals surface area (Å²) in [5.74, 6) is 0.501. The van der Waals surface area contributed by atoms with Gasteiger partial charge >= 0.3 is 5.97 Å². The van der Waals surface area contributed by atoms with Gasteiger partial charge < -0.3 is 10.4 Å². The molecule has 2 atom stereocenters. The lowest BCUT2D eigenvalue weighted by molar-refractivity contribution is -0.146. The van der Waals surface area contributed by atoms with Gasteiger partial charge in [0.05, 0.1) is 11.8 Å². The summed E-state index contributed by atoms with van der Waals surface area (Å²) in [6.07, 6.45) is 9.84. The van der Waals surface area contributed by atoms with E-state index in [1.807, 2.05) is 31.2 Å². The van der Waals surface area contributed by atoms with E-state index >= 15 is 0 Å². The summed E-state index contributed by atoms with van der Waals surface area (Å²) >= 11 is 0. The molecule has 1 amide bonds. The van der Waals surface area contributed by atoms with Crippen molar-refractivity contribution in [3.63, 3.8) is 0 Å². The molecular weight excluding hydrogens is 362 g/mol. The molecular formula is C25H35NO3. The predicted molar refractivity (Wildman–Crippen MR) is 113 cm³/mol. The normalized spacial score (nSPS) is 32.0. The third-order valence-corrected chi connectivity index (χ3v) is 8.03. The van der Waals surface area contributed by atoms with Gasteiger partial charge in [-0.2, -0.15) is 0 Å². The van der Waals surface area contributed by atoms with Crippen LogP contribution in [-0.4, -0.2) is 23.5 Å². The van der Waals surface area contributed by atoms with E-state index in [-0.39, 0.29) is 5.91 Å². The van der Waals surface area contributed by atoms with Gasteiger partial charge in [-0.3, -0.25) is 9.59 Å². The first-order chi connectivity index (χ1) is 13.8. The standard InChI is InChI=1S/C25H35NO3/c1-16-3-5-18(6-4-16)12-22(17(2)24(28)29)23(27)26-8-7-25-13-19-9-20(14-25)11-21(10-19)15-25/h3-6,17,19-22H,7-15H2,1-2H3,(H,26,27)(H,28,29)/t17-,19?,20?,21?,22-,25?/m0/s1. The van der Waals surface area contributed by atoms with E-state index < -0.39 is 17.8 Å². The Kier molecular flexibility index (Phi) is 5.72. The van der Waals surface area contributed by atoms with Crippen LogP contribution in [0.1, 0.15) is 63.0 Å². The van der Waals surface area contributed by atoms with Gasteiger partial charge in [0.2, 0.25) is 5.91 Å². The monoisotopic (exact) mass is 397 g/mol. The Bertz CT molecular complexity index is 719. The Morgan fingerprint density at radius 1 is 1.07 bits per heavy atom. The second-order valence-corrected chi connectivity index (χ2v) is 10.4. The van der Waals surface area contributed by atoms with Crippen molar-refractivity contribution >= 4 is 11.9 Å². The second-order valence-electron chi connectivity index (χ2n) is 10.4. The molecule has 0 aliphatic heterocycles. The van der Waals surface area contributed by atoms with Crippen LogP contribution in [0.5, 0.6) is 0 Å². The van der Waals surface area contributed by atoms with E-state index in [0.717, 1.165) is 35.3 Å². The summed E-state index contributed by atoms with van der Waals surface area (Å²) in [4.78, 5) is 24.6. The van der Waals surface area contributed by atoms with Crippen molar-refractivity contribution in [3.8, 4) is 0 Å². The van der Waals surface area contributed by atoms with Gasteiger partial charge in [0.1, 0.15) is 0 Å². The lowest BCUT2D eigenvalue weighted by Crippen LogP contribution is -2.47. The van der Waals surface area contributed by atoms with E-state index in [4.69, 9.17) is 0 Å². The van der Waals surface area contributed by atoms with Crippen LogP contribution in [0.4, 0.5) is 0 Å². The van der Waals surface area contributed by atoms with Crippen molar-refractivity contribution in [2.75, 3.05) is 6.54 Å². The van der Waals surface area contributed by atoms with Crippen LogP contribution in [0.3, 0.4) is 0 Å². The molecule has 0 saturated heterocycles. The predicted octanol–water partition coefficient (Wildman–Crippen LogP) is 4.60. The fourth-order valence-electron chi connectivity index (χ4n) is 6.82. The minimum atomic E-state index is -0.904. The zero-order valence-electron chi connectivity index (χ0n) is 17.8. The van der Waals surface area contributed by atoms with Gasteiger partial charge in [0.25, 0.3) is 0 Å². The van der Waals surface area contributed by atoms with Crippen LogP contribution in [0.15, 0.2) is 24.3 Å². The number of aliphatic carboxylic acids is 1. The molecule has 0 unspecified atom stereocenters. The number of amides is 1. The van der Waals surface area contributed by atoms with Crippen LogP contribution in [0.25, 0.3) is 0 Å². The summed E-state index contributed by atoms with van der Waals surface area (Å²) in [5, 5.41) is 12.6. The summed E-state index contributed by atoms with van der Waals surface area (Å²) in [6, 6.07) is 8.03. The quantitative estimate of drug-likeness (QED) is 0.674. The maximum absolute atomic E-state index is 13.0. The maximum Gasteiger partial charge on any atom is 0.307 e. The highest BCUT2D eigenvalue weighted by Crippen LogP contribution is 2.61. The Labute approximate surface area is 174 Å². The highest BCUT2D eigenvalue weighted by Gasteiger charge is 2.50. The maximum atomic E-state index is 13.0. The summed E-state index contributed by atoms with van der Waals surface area (Å²) in [6.45, 7) is 4.36. The molecule has 4 heteroatoms. The van der Waals surface area contributed by atoms with Crippen molar-refractivity contribution in [2.24, 2.45) is 35.0 Å². The molecule has 4 fully saturated rings. The number of aryl methyl sites for hydroxylation is 1. The van der Waals surface area contributed by atoms with E-state index in [2.05, 4.69) is 5.32 Å². The van der Waals surface area contributed by atoms with Gasteiger partial charge in [-0.1, -0.05) is 36.8 Å². The number of hydrogen-bond acceptors (Lipinski definition) is 2. The first kappa shape index (κ1) is 20.4. The summed E-state index contributed by atoms with van der Waals surface area (Å²) in [5.41, 5.74) is 2.62. The molecule has 5 rings (SSSR count). The van der Waals surface area contributed by atoms with Crippen LogP contribution in [0.2, 0.25) is 0 Å². The van der Waals surface area contributed by atoms with Crippen LogP contribution >= 0.6 is 0 Å². The number of carbonyl (C=O) groups excluding carboxylic acids is 1. The third kappa shape index (κ3) is 4.51. The lowest BCUT2D eigenvalue weighted by atomic mass is 9.49.